The molecule has 0 fully saturated rings. The van der Waals surface area contributed by atoms with Crippen molar-refractivity contribution in [3.8, 4) is 0 Å². The monoisotopic (exact) mass is 287 g/mol. The molecule has 3 rings (SSSR count). The van der Waals surface area contributed by atoms with Gasteiger partial charge in [0.1, 0.15) is 0 Å². The van der Waals surface area contributed by atoms with Crippen LogP contribution in [-0.2, 0) is 0 Å². The Labute approximate surface area is 119 Å². The van der Waals surface area contributed by atoms with Crippen molar-refractivity contribution >= 4 is 34.1 Å². The van der Waals surface area contributed by atoms with Crippen LogP contribution in [0.15, 0.2) is 69.3 Å². The molecule has 1 N–H and O–H groups in total. The summed E-state index contributed by atoms with van der Waals surface area (Å²) in [5.41, 5.74) is -0.116. The summed E-state index contributed by atoms with van der Waals surface area (Å²) in [6.07, 6.45) is 1.52. The minimum atomic E-state index is -0.116. The van der Waals surface area contributed by atoms with E-state index in [2.05, 4.69) is 4.98 Å². The Balaban J connectivity index is 2.07. The molecule has 3 aromatic rings. The zero-order valence-electron chi connectivity index (χ0n) is 9.89. The Bertz CT molecular complexity index is 783. The van der Waals surface area contributed by atoms with Crippen LogP contribution in [0.4, 0.5) is 0 Å². The first-order valence-electron chi connectivity index (χ1n) is 5.78. The number of aromatic nitrogens is 1. The molecule has 0 aliphatic carbocycles. The second kappa shape index (κ2) is 5.11. The number of nitrogens with one attached hydrogen (secondary N) is 1. The molecule has 0 spiro atoms. The van der Waals surface area contributed by atoms with E-state index in [-0.39, 0.29) is 5.56 Å². The van der Waals surface area contributed by atoms with E-state index in [1.165, 1.54) is 6.20 Å². The number of H-pyrrole nitrogens is 1. The van der Waals surface area contributed by atoms with Gasteiger partial charge in [-0.2, -0.15) is 0 Å². The highest BCUT2D eigenvalue weighted by molar-refractivity contribution is 7.99. The highest BCUT2D eigenvalue weighted by Crippen LogP contribution is 2.30. The van der Waals surface area contributed by atoms with Crippen LogP contribution in [0.2, 0.25) is 5.02 Å². The third kappa shape index (κ3) is 2.53. The predicted octanol–water partition coefficient (Wildman–Crippen LogP) is 4.33. The molecule has 0 aliphatic rings. The molecule has 19 heavy (non-hydrogen) atoms. The molecule has 2 nitrogen and oxygen atoms in total. The van der Waals surface area contributed by atoms with Crippen LogP contribution >= 0.6 is 23.4 Å². The zero-order valence-corrected chi connectivity index (χ0v) is 11.5. The van der Waals surface area contributed by atoms with Gasteiger partial charge >= 0.3 is 0 Å². The van der Waals surface area contributed by atoms with Crippen LogP contribution in [0.3, 0.4) is 0 Å². The van der Waals surface area contributed by atoms with Crippen molar-refractivity contribution in [2.45, 2.75) is 9.79 Å². The molecule has 2 aromatic carbocycles. The molecule has 0 radical (unpaired) electrons. The van der Waals surface area contributed by atoms with Gasteiger partial charge in [-0.15, -0.1) is 0 Å². The molecule has 1 aromatic heterocycles. The Morgan fingerprint density at radius 3 is 2.53 bits per heavy atom. The second-order valence-corrected chi connectivity index (χ2v) is 5.64. The van der Waals surface area contributed by atoms with Gasteiger partial charge in [0.25, 0.3) is 5.56 Å². The van der Waals surface area contributed by atoms with E-state index >= 15 is 0 Å². The van der Waals surface area contributed by atoms with Crippen LogP contribution in [0.5, 0.6) is 0 Å². The first-order valence-corrected chi connectivity index (χ1v) is 6.97. The van der Waals surface area contributed by atoms with Gasteiger partial charge in [0.05, 0.1) is 5.02 Å². The Morgan fingerprint density at radius 2 is 1.74 bits per heavy atom. The number of fused-ring (bicyclic) bond motifs is 1. The normalized spacial score (nSPS) is 10.8. The lowest BCUT2D eigenvalue weighted by Crippen LogP contribution is -2.04. The topological polar surface area (TPSA) is 32.9 Å². The summed E-state index contributed by atoms with van der Waals surface area (Å²) in [5.74, 6) is 0. The Hall–Kier alpha value is -1.71. The molecule has 0 bridgehead atoms. The molecule has 0 saturated carbocycles. The van der Waals surface area contributed by atoms with Gasteiger partial charge in [-0.05, 0) is 24.3 Å². The number of rotatable bonds is 2. The largest absolute Gasteiger partial charge is 0.327 e. The average molecular weight is 288 g/mol. The van der Waals surface area contributed by atoms with Crippen LogP contribution in [-0.4, -0.2) is 4.98 Å². The van der Waals surface area contributed by atoms with Gasteiger partial charge in [-0.1, -0.05) is 47.6 Å². The Morgan fingerprint density at radius 1 is 0.947 bits per heavy atom. The maximum Gasteiger partial charge on any atom is 0.255 e. The molecule has 0 unspecified atom stereocenters. The SMILES string of the molecule is O=c1[nH]cc(Cl)c2ccc(Sc3ccccc3)cc12. The summed E-state index contributed by atoms with van der Waals surface area (Å²) in [4.78, 5) is 16.6. The quantitative estimate of drug-likeness (QED) is 0.761. The third-order valence-corrected chi connectivity index (χ3v) is 4.11. The molecule has 0 atom stereocenters. The zero-order chi connectivity index (χ0) is 13.2. The smallest absolute Gasteiger partial charge is 0.255 e. The highest BCUT2D eigenvalue weighted by Gasteiger charge is 2.05. The van der Waals surface area contributed by atoms with Crippen molar-refractivity contribution in [1.82, 2.24) is 4.98 Å². The second-order valence-electron chi connectivity index (χ2n) is 4.09. The van der Waals surface area contributed by atoms with Crippen molar-refractivity contribution in [3.63, 3.8) is 0 Å². The standard InChI is InChI=1S/C15H10ClNOS/c16-14-9-17-15(18)13-8-11(6-7-12(13)14)19-10-4-2-1-3-5-10/h1-9H,(H,17,18). The number of benzene rings is 2. The minimum absolute atomic E-state index is 0.116. The van der Waals surface area contributed by atoms with E-state index in [9.17, 15) is 4.79 Å². The number of hydrogen-bond donors (Lipinski definition) is 1. The molecule has 1 heterocycles. The molecule has 0 saturated heterocycles. The number of halogens is 1. The maximum atomic E-state index is 11.8. The summed E-state index contributed by atoms with van der Waals surface area (Å²) < 4.78 is 0. The molecule has 4 heteroatoms. The lowest BCUT2D eigenvalue weighted by molar-refractivity contribution is 1.27. The van der Waals surface area contributed by atoms with Crippen molar-refractivity contribution in [2.75, 3.05) is 0 Å². The fourth-order valence-electron chi connectivity index (χ4n) is 1.89. The van der Waals surface area contributed by atoms with Crippen LogP contribution in [0.25, 0.3) is 10.8 Å². The number of hydrogen-bond acceptors (Lipinski definition) is 2. The van der Waals surface area contributed by atoms with Gasteiger partial charge in [-0.25, -0.2) is 0 Å². The maximum absolute atomic E-state index is 11.8. The van der Waals surface area contributed by atoms with Gasteiger partial charge in [-0.3, -0.25) is 4.79 Å². The van der Waals surface area contributed by atoms with E-state index in [0.29, 0.717) is 10.4 Å². The average Bonchev–Trinajstić information content (AvgIpc) is 2.44. The first kappa shape index (κ1) is 12.3. The Kier molecular flexibility index (Phi) is 3.32. The molecule has 0 aliphatic heterocycles. The van der Waals surface area contributed by atoms with Crippen molar-refractivity contribution < 1.29 is 0 Å². The first-order chi connectivity index (χ1) is 9.24. The number of aromatic amines is 1. The van der Waals surface area contributed by atoms with Crippen molar-refractivity contribution in [1.29, 1.82) is 0 Å². The molecule has 0 amide bonds. The number of pyridine rings is 1. The fourth-order valence-corrected chi connectivity index (χ4v) is 2.99. The van der Waals surface area contributed by atoms with Gasteiger partial charge in [0.15, 0.2) is 0 Å². The lowest BCUT2D eigenvalue weighted by atomic mass is 10.2. The minimum Gasteiger partial charge on any atom is -0.327 e. The lowest BCUT2D eigenvalue weighted by Gasteiger charge is -2.04. The summed E-state index contributed by atoms with van der Waals surface area (Å²) in [5, 5.41) is 1.96. The van der Waals surface area contributed by atoms with E-state index in [1.807, 2.05) is 48.5 Å². The molecule has 94 valence electrons. The summed E-state index contributed by atoms with van der Waals surface area (Å²) >= 11 is 7.69. The van der Waals surface area contributed by atoms with E-state index in [4.69, 9.17) is 11.6 Å². The van der Waals surface area contributed by atoms with Crippen molar-refractivity contribution in [2.24, 2.45) is 0 Å². The van der Waals surface area contributed by atoms with Crippen LogP contribution in [0.1, 0.15) is 0 Å². The third-order valence-electron chi connectivity index (χ3n) is 2.80. The van der Waals surface area contributed by atoms with Gasteiger partial charge < -0.3 is 4.98 Å². The molecular weight excluding hydrogens is 278 g/mol. The van der Waals surface area contributed by atoms with Crippen LogP contribution in [0, 0.1) is 0 Å². The fraction of sp³-hybridized carbons (Fsp3) is 0. The van der Waals surface area contributed by atoms with E-state index < -0.39 is 0 Å². The summed E-state index contributed by atoms with van der Waals surface area (Å²) in [6, 6.07) is 15.8. The summed E-state index contributed by atoms with van der Waals surface area (Å²) in [6.45, 7) is 0. The highest BCUT2D eigenvalue weighted by atomic mass is 35.5. The summed E-state index contributed by atoms with van der Waals surface area (Å²) in [7, 11) is 0. The van der Waals surface area contributed by atoms with Crippen molar-refractivity contribution in [3.05, 3.63) is 70.1 Å². The van der Waals surface area contributed by atoms with Gasteiger partial charge in [0.2, 0.25) is 0 Å². The predicted molar refractivity (Wildman–Crippen MR) is 80.1 cm³/mol. The van der Waals surface area contributed by atoms with Crippen LogP contribution < -0.4 is 5.56 Å². The van der Waals surface area contributed by atoms with E-state index in [0.717, 1.165) is 15.2 Å². The van der Waals surface area contributed by atoms with Gasteiger partial charge in [0, 0.05) is 26.8 Å². The molecular formula is C15H10ClNOS. The van der Waals surface area contributed by atoms with E-state index in [1.54, 1.807) is 11.8 Å².